The topological polar surface area (TPSA) is 123 Å². The second kappa shape index (κ2) is 11.8. The minimum Gasteiger partial charge on any atom is -0.495 e. The van der Waals surface area contributed by atoms with Gasteiger partial charge in [-0.05, 0) is 24.3 Å². The van der Waals surface area contributed by atoms with Gasteiger partial charge in [0.2, 0.25) is 15.9 Å². The van der Waals surface area contributed by atoms with Crippen LogP contribution in [0.15, 0.2) is 59.5 Å². The van der Waals surface area contributed by atoms with E-state index in [0.29, 0.717) is 15.6 Å². The zero-order chi connectivity index (χ0) is 26.5. The van der Waals surface area contributed by atoms with Crippen LogP contribution in [0, 0.1) is 0 Å². The maximum atomic E-state index is 12.9. The summed E-state index contributed by atoms with van der Waals surface area (Å²) in [6.07, 6.45) is -1.19. The van der Waals surface area contributed by atoms with E-state index in [4.69, 9.17) is 37.4 Å². The molecule has 1 amide bonds. The maximum absolute atomic E-state index is 12.9. The molecule has 3 N–H and O–H groups in total. The molecule has 0 aliphatic heterocycles. The SMILES string of the molecule is COc1cc(OC)c(S(=O)(=O)NCC(=O)Nc2ccc(Cl)cc2C(O)c2ccccc2Cl)cc1OC. The van der Waals surface area contributed by atoms with Crippen molar-refractivity contribution in [1.29, 1.82) is 0 Å². The Kier molecular flexibility index (Phi) is 9.04. The molecule has 0 aromatic heterocycles. The van der Waals surface area contributed by atoms with Gasteiger partial charge in [-0.15, -0.1) is 0 Å². The van der Waals surface area contributed by atoms with Crippen molar-refractivity contribution in [2.45, 2.75) is 11.0 Å². The zero-order valence-electron chi connectivity index (χ0n) is 19.5. The minimum absolute atomic E-state index is 0.00316. The number of anilines is 1. The number of benzene rings is 3. The first-order chi connectivity index (χ1) is 17.1. The summed E-state index contributed by atoms with van der Waals surface area (Å²) < 4.78 is 43.6. The number of carbonyl (C=O) groups is 1. The number of carbonyl (C=O) groups excluding carboxylic acids is 1. The number of amides is 1. The minimum atomic E-state index is -4.19. The number of hydrogen-bond donors (Lipinski definition) is 3. The largest absolute Gasteiger partial charge is 0.495 e. The Morgan fingerprint density at radius 2 is 1.56 bits per heavy atom. The summed E-state index contributed by atoms with van der Waals surface area (Å²) >= 11 is 12.3. The summed E-state index contributed by atoms with van der Waals surface area (Å²) in [7, 11) is -0.116. The first-order valence-corrected chi connectivity index (χ1v) is 12.7. The molecule has 3 aromatic rings. The van der Waals surface area contributed by atoms with Crippen molar-refractivity contribution < 1.29 is 32.5 Å². The van der Waals surface area contributed by atoms with Crippen LogP contribution in [-0.2, 0) is 14.8 Å². The Bertz CT molecular complexity index is 1370. The van der Waals surface area contributed by atoms with Crippen molar-refractivity contribution in [2.24, 2.45) is 0 Å². The van der Waals surface area contributed by atoms with Crippen LogP contribution in [0.4, 0.5) is 5.69 Å². The van der Waals surface area contributed by atoms with E-state index >= 15 is 0 Å². The van der Waals surface area contributed by atoms with Crippen molar-refractivity contribution in [2.75, 3.05) is 33.2 Å². The molecular formula is C24H24Cl2N2O7S. The van der Waals surface area contributed by atoms with Gasteiger partial charge in [-0.25, -0.2) is 13.1 Å². The number of ether oxygens (including phenoxy) is 3. The Hall–Kier alpha value is -3.02. The lowest BCUT2D eigenvalue weighted by molar-refractivity contribution is -0.115. The fourth-order valence-corrected chi connectivity index (χ4v) is 4.95. The molecule has 36 heavy (non-hydrogen) atoms. The molecule has 0 saturated carbocycles. The molecule has 0 aliphatic rings. The third kappa shape index (κ3) is 6.21. The average molecular weight is 555 g/mol. The zero-order valence-corrected chi connectivity index (χ0v) is 21.9. The van der Waals surface area contributed by atoms with Crippen LogP contribution in [0.5, 0.6) is 17.2 Å². The van der Waals surface area contributed by atoms with Gasteiger partial charge in [-0.1, -0.05) is 41.4 Å². The first kappa shape index (κ1) is 27.6. The van der Waals surface area contributed by atoms with Crippen LogP contribution < -0.4 is 24.2 Å². The highest BCUT2D eigenvalue weighted by Gasteiger charge is 2.25. The monoisotopic (exact) mass is 554 g/mol. The molecule has 0 radical (unpaired) electrons. The number of methoxy groups -OCH3 is 3. The molecule has 0 bridgehead atoms. The summed E-state index contributed by atoms with van der Waals surface area (Å²) in [6, 6.07) is 13.8. The molecule has 1 unspecified atom stereocenters. The highest BCUT2D eigenvalue weighted by atomic mass is 35.5. The van der Waals surface area contributed by atoms with E-state index in [9.17, 15) is 18.3 Å². The third-order valence-electron chi connectivity index (χ3n) is 5.16. The van der Waals surface area contributed by atoms with Gasteiger partial charge in [0.15, 0.2) is 11.5 Å². The number of rotatable bonds is 10. The lowest BCUT2D eigenvalue weighted by atomic mass is 9.99. The molecule has 3 rings (SSSR count). The molecule has 12 heteroatoms. The van der Waals surface area contributed by atoms with E-state index in [2.05, 4.69) is 10.0 Å². The summed E-state index contributed by atoms with van der Waals surface area (Å²) in [5.74, 6) is -0.239. The molecule has 1 atom stereocenters. The number of aliphatic hydroxyl groups is 1. The van der Waals surface area contributed by atoms with E-state index in [1.54, 1.807) is 24.3 Å². The van der Waals surface area contributed by atoms with Crippen molar-refractivity contribution in [1.82, 2.24) is 4.72 Å². The number of hydrogen-bond acceptors (Lipinski definition) is 7. The quantitative estimate of drug-likeness (QED) is 0.345. The smallest absolute Gasteiger partial charge is 0.244 e. The molecule has 0 saturated heterocycles. The van der Waals surface area contributed by atoms with Crippen molar-refractivity contribution >= 4 is 44.8 Å². The maximum Gasteiger partial charge on any atom is 0.244 e. The molecule has 0 aliphatic carbocycles. The Labute approximate surface area is 218 Å². The van der Waals surface area contributed by atoms with Crippen LogP contribution in [0.1, 0.15) is 17.2 Å². The second-order valence-electron chi connectivity index (χ2n) is 7.39. The van der Waals surface area contributed by atoms with Crippen molar-refractivity contribution in [3.05, 3.63) is 75.8 Å². The lowest BCUT2D eigenvalue weighted by Gasteiger charge is -2.18. The molecule has 192 valence electrons. The normalized spacial score (nSPS) is 12.1. The van der Waals surface area contributed by atoms with Crippen molar-refractivity contribution in [3.8, 4) is 17.2 Å². The van der Waals surface area contributed by atoms with Gasteiger partial charge in [0.1, 0.15) is 16.7 Å². The van der Waals surface area contributed by atoms with Gasteiger partial charge in [0, 0.05) is 39.0 Å². The van der Waals surface area contributed by atoms with Gasteiger partial charge < -0.3 is 24.6 Å². The van der Waals surface area contributed by atoms with Gasteiger partial charge in [-0.3, -0.25) is 4.79 Å². The van der Waals surface area contributed by atoms with Crippen LogP contribution in [0.25, 0.3) is 0 Å². The molecule has 3 aromatic carbocycles. The molecule has 9 nitrogen and oxygen atoms in total. The van der Waals surface area contributed by atoms with E-state index in [1.807, 2.05) is 0 Å². The number of nitrogens with one attached hydrogen (secondary N) is 2. The standard InChI is InChI=1S/C24H24Cl2N2O7S/c1-33-19-11-21(35-3)22(12-20(19)34-2)36(31,32)27-13-23(29)28-18-9-8-14(25)10-16(18)24(30)15-6-4-5-7-17(15)26/h4-12,24,27,30H,13H2,1-3H3,(H,28,29). The van der Waals surface area contributed by atoms with Crippen molar-refractivity contribution in [3.63, 3.8) is 0 Å². The molecular weight excluding hydrogens is 531 g/mol. The van der Waals surface area contributed by atoms with Crippen LogP contribution in [-0.4, -0.2) is 47.3 Å². The Morgan fingerprint density at radius 3 is 2.19 bits per heavy atom. The Balaban J connectivity index is 1.81. The van der Waals surface area contributed by atoms with Gasteiger partial charge in [0.25, 0.3) is 0 Å². The van der Waals surface area contributed by atoms with E-state index in [1.165, 1.54) is 51.7 Å². The predicted octanol–water partition coefficient (Wildman–Crippen LogP) is 4.02. The van der Waals surface area contributed by atoms with Crippen LogP contribution >= 0.6 is 23.2 Å². The Morgan fingerprint density at radius 1 is 0.917 bits per heavy atom. The van der Waals surface area contributed by atoms with Gasteiger partial charge in [0.05, 0.1) is 27.9 Å². The van der Waals surface area contributed by atoms with E-state index < -0.39 is 28.6 Å². The summed E-state index contributed by atoms with van der Waals surface area (Å²) in [4.78, 5) is 12.4. The highest BCUT2D eigenvalue weighted by molar-refractivity contribution is 7.89. The predicted molar refractivity (Wildman–Crippen MR) is 137 cm³/mol. The number of sulfonamides is 1. The average Bonchev–Trinajstić information content (AvgIpc) is 2.87. The fourth-order valence-electron chi connectivity index (χ4n) is 3.38. The summed E-state index contributed by atoms with van der Waals surface area (Å²) in [6.45, 7) is -0.607. The summed E-state index contributed by atoms with van der Waals surface area (Å²) in [5, 5.41) is 14.2. The molecule has 0 spiro atoms. The molecule has 0 heterocycles. The third-order valence-corrected chi connectivity index (χ3v) is 7.17. The van der Waals surface area contributed by atoms with Gasteiger partial charge >= 0.3 is 0 Å². The van der Waals surface area contributed by atoms with E-state index in [-0.39, 0.29) is 33.4 Å². The number of halogens is 2. The van der Waals surface area contributed by atoms with Gasteiger partial charge in [-0.2, -0.15) is 0 Å². The number of aliphatic hydroxyl groups excluding tert-OH is 1. The summed E-state index contributed by atoms with van der Waals surface area (Å²) in [5.41, 5.74) is 0.936. The molecule has 0 fully saturated rings. The second-order valence-corrected chi connectivity index (χ2v) is 9.97. The van der Waals surface area contributed by atoms with E-state index in [0.717, 1.165) is 0 Å². The first-order valence-electron chi connectivity index (χ1n) is 10.4. The fraction of sp³-hybridized carbons (Fsp3) is 0.208. The van der Waals surface area contributed by atoms with Crippen LogP contribution in [0.2, 0.25) is 10.0 Å². The lowest BCUT2D eigenvalue weighted by Crippen LogP contribution is -2.33. The highest BCUT2D eigenvalue weighted by Crippen LogP contribution is 2.37. The van der Waals surface area contributed by atoms with Crippen LogP contribution in [0.3, 0.4) is 0 Å².